The van der Waals surface area contributed by atoms with E-state index in [-0.39, 0.29) is 10.5 Å². The molecule has 0 aliphatic heterocycles. The Labute approximate surface area is 122 Å². The molecule has 0 radical (unpaired) electrons. The van der Waals surface area contributed by atoms with Crippen LogP contribution in [0.1, 0.15) is 44.2 Å². The molecule has 0 aliphatic rings. The second-order valence-electron chi connectivity index (χ2n) is 4.49. The van der Waals surface area contributed by atoms with Gasteiger partial charge < -0.3 is 5.32 Å². The van der Waals surface area contributed by atoms with E-state index in [1.165, 1.54) is 6.07 Å². The molecule has 0 saturated heterocycles. The summed E-state index contributed by atoms with van der Waals surface area (Å²) in [6, 6.07) is 2.86. The molecule has 1 aromatic carbocycles. The van der Waals surface area contributed by atoms with Crippen LogP contribution >= 0.6 is 15.9 Å². The summed E-state index contributed by atoms with van der Waals surface area (Å²) >= 11 is 3.16. The second kappa shape index (κ2) is 8.43. The minimum absolute atomic E-state index is 0.0318. The maximum Gasteiger partial charge on any atom is 0.173 e. The summed E-state index contributed by atoms with van der Waals surface area (Å²) in [5, 5.41) is 3.38. The monoisotopic (exact) mass is 331 g/mol. The van der Waals surface area contributed by atoms with Gasteiger partial charge in [-0.1, -0.05) is 19.1 Å². The van der Waals surface area contributed by atoms with Gasteiger partial charge in [-0.3, -0.25) is 0 Å². The third-order valence-corrected chi connectivity index (χ3v) is 3.79. The van der Waals surface area contributed by atoms with Crippen LogP contribution in [0.2, 0.25) is 0 Å². The third kappa shape index (κ3) is 4.69. The first kappa shape index (κ1) is 16.3. The quantitative estimate of drug-likeness (QED) is 0.396. The van der Waals surface area contributed by atoms with Gasteiger partial charge in [0, 0.05) is 6.04 Å². The summed E-state index contributed by atoms with van der Waals surface area (Å²) in [6.45, 7) is 6.63. The Morgan fingerprint density at radius 2 is 2.16 bits per heavy atom. The van der Waals surface area contributed by atoms with E-state index in [9.17, 15) is 8.78 Å². The Bertz CT molecular complexity index is 421. The van der Waals surface area contributed by atoms with E-state index in [1.54, 1.807) is 6.07 Å². The third-order valence-electron chi connectivity index (χ3n) is 2.98. The lowest BCUT2D eigenvalue weighted by atomic mass is 10.0. The minimum atomic E-state index is -0.823. The van der Waals surface area contributed by atoms with Crippen LogP contribution < -0.4 is 5.32 Å². The number of rotatable bonds is 8. The molecule has 0 aromatic heterocycles. The van der Waals surface area contributed by atoms with Crippen LogP contribution in [0.25, 0.3) is 0 Å². The fourth-order valence-corrected chi connectivity index (χ4v) is 2.56. The van der Waals surface area contributed by atoms with Gasteiger partial charge >= 0.3 is 0 Å². The lowest BCUT2D eigenvalue weighted by Gasteiger charge is -2.20. The van der Waals surface area contributed by atoms with Crippen LogP contribution in [-0.2, 0) is 0 Å². The van der Waals surface area contributed by atoms with E-state index in [0.717, 1.165) is 37.8 Å². The highest BCUT2D eigenvalue weighted by atomic mass is 79.9. The van der Waals surface area contributed by atoms with E-state index >= 15 is 0 Å². The molecule has 1 atom stereocenters. The van der Waals surface area contributed by atoms with Gasteiger partial charge in [-0.15, -0.1) is 6.58 Å². The van der Waals surface area contributed by atoms with Crippen LogP contribution in [0.5, 0.6) is 0 Å². The molecule has 0 amide bonds. The summed E-state index contributed by atoms with van der Waals surface area (Å²) in [5.41, 5.74) is 0.774. The number of nitrogens with one attached hydrogen (secondary N) is 1. The molecule has 0 heterocycles. The van der Waals surface area contributed by atoms with Gasteiger partial charge in [0.15, 0.2) is 11.6 Å². The lowest BCUT2D eigenvalue weighted by molar-refractivity contribution is 0.468. The molecule has 0 fully saturated rings. The summed E-state index contributed by atoms with van der Waals surface area (Å²) in [5.74, 6) is -1.64. The van der Waals surface area contributed by atoms with Gasteiger partial charge in [0.25, 0.3) is 0 Å². The van der Waals surface area contributed by atoms with Crippen molar-refractivity contribution in [1.82, 2.24) is 5.32 Å². The maximum atomic E-state index is 13.6. The second-order valence-corrected chi connectivity index (χ2v) is 5.28. The molecule has 1 aromatic rings. The zero-order chi connectivity index (χ0) is 14.3. The average Bonchev–Trinajstić information content (AvgIpc) is 2.41. The van der Waals surface area contributed by atoms with Crippen LogP contribution in [0.15, 0.2) is 29.3 Å². The smallest absolute Gasteiger partial charge is 0.173 e. The molecule has 1 nitrogen and oxygen atoms in total. The van der Waals surface area contributed by atoms with E-state index < -0.39 is 11.6 Å². The molecule has 0 bridgehead atoms. The number of hydrogen-bond acceptors (Lipinski definition) is 1. The van der Waals surface area contributed by atoms with Crippen molar-refractivity contribution < 1.29 is 8.78 Å². The fourth-order valence-electron chi connectivity index (χ4n) is 1.96. The largest absolute Gasteiger partial charge is 0.310 e. The number of unbranched alkanes of at least 4 members (excludes halogenated alkanes) is 1. The predicted octanol–water partition coefficient (Wildman–Crippen LogP) is 5.12. The molecule has 0 spiro atoms. The van der Waals surface area contributed by atoms with Gasteiger partial charge in [0.05, 0.1) is 4.47 Å². The van der Waals surface area contributed by atoms with Crippen molar-refractivity contribution in [1.29, 1.82) is 0 Å². The molecule has 106 valence electrons. The molecule has 4 heteroatoms. The topological polar surface area (TPSA) is 12.0 Å². The van der Waals surface area contributed by atoms with Crippen molar-refractivity contribution in [3.8, 4) is 0 Å². The molecule has 1 N–H and O–H groups in total. The van der Waals surface area contributed by atoms with E-state index in [2.05, 4.69) is 34.7 Å². The highest BCUT2D eigenvalue weighted by Crippen LogP contribution is 2.30. The number of allylic oxidation sites excluding steroid dienone is 1. The summed E-state index contributed by atoms with van der Waals surface area (Å²) in [4.78, 5) is 0. The van der Waals surface area contributed by atoms with Gasteiger partial charge in [-0.05, 0) is 59.8 Å². The Hall–Kier alpha value is -0.740. The number of halogens is 3. The Morgan fingerprint density at radius 1 is 1.42 bits per heavy atom. The van der Waals surface area contributed by atoms with E-state index in [0.29, 0.717) is 0 Å². The maximum absolute atomic E-state index is 13.6. The van der Waals surface area contributed by atoms with Crippen molar-refractivity contribution in [2.75, 3.05) is 6.54 Å². The molecule has 1 unspecified atom stereocenters. The van der Waals surface area contributed by atoms with Crippen LogP contribution in [0.4, 0.5) is 8.78 Å². The van der Waals surface area contributed by atoms with Crippen LogP contribution in [-0.4, -0.2) is 6.54 Å². The zero-order valence-electron chi connectivity index (χ0n) is 11.2. The van der Waals surface area contributed by atoms with Crippen molar-refractivity contribution in [2.24, 2.45) is 0 Å². The molecule has 0 saturated carbocycles. The molecule has 1 rings (SSSR count). The Kier molecular flexibility index (Phi) is 7.24. The van der Waals surface area contributed by atoms with Crippen LogP contribution in [0, 0.1) is 11.6 Å². The zero-order valence-corrected chi connectivity index (χ0v) is 12.8. The Morgan fingerprint density at radius 3 is 2.79 bits per heavy atom. The van der Waals surface area contributed by atoms with Crippen LogP contribution in [0.3, 0.4) is 0 Å². The van der Waals surface area contributed by atoms with Gasteiger partial charge in [0.1, 0.15) is 0 Å². The van der Waals surface area contributed by atoms with Gasteiger partial charge in [0.2, 0.25) is 0 Å². The number of benzene rings is 1. The SMILES string of the molecule is C=CCCCC(NCCC)c1ccc(F)c(F)c1Br. The van der Waals surface area contributed by atoms with Crippen molar-refractivity contribution >= 4 is 15.9 Å². The number of hydrogen-bond donors (Lipinski definition) is 1. The average molecular weight is 332 g/mol. The summed E-state index contributed by atoms with van der Waals surface area (Å²) < 4.78 is 27.0. The first-order chi connectivity index (χ1) is 9.11. The van der Waals surface area contributed by atoms with Gasteiger partial charge in [-0.25, -0.2) is 8.78 Å². The molecular weight excluding hydrogens is 312 g/mol. The molecular formula is C15H20BrF2N. The summed E-state index contributed by atoms with van der Waals surface area (Å²) in [6.07, 6.45) is 5.63. The fraction of sp³-hybridized carbons (Fsp3) is 0.467. The van der Waals surface area contributed by atoms with E-state index in [4.69, 9.17) is 0 Å². The predicted molar refractivity (Wildman–Crippen MR) is 79.1 cm³/mol. The standard InChI is InChI=1S/C15H20BrF2N/c1-3-5-6-7-13(19-10-4-2)11-8-9-12(17)15(18)14(11)16/h3,8-9,13,19H,1,4-7,10H2,2H3. The summed E-state index contributed by atoms with van der Waals surface area (Å²) in [7, 11) is 0. The first-order valence-corrected chi connectivity index (χ1v) is 7.38. The highest BCUT2D eigenvalue weighted by molar-refractivity contribution is 9.10. The Balaban J connectivity index is 2.89. The lowest BCUT2D eigenvalue weighted by Crippen LogP contribution is -2.23. The molecule has 0 aliphatic carbocycles. The normalized spacial score (nSPS) is 12.4. The first-order valence-electron chi connectivity index (χ1n) is 6.59. The van der Waals surface area contributed by atoms with E-state index in [1.807, 2.05) is 6.08 Å². The van der Waals surface area contributed by atoms with Crippen molar-refractivity contribution in [3.63, 3.8) is 0 Å². The minimum Gasteiger partial charge on any atom is -0.310 e. The molecule has 19 heavy (non-hydrogen) atoms. The highest BCUT2D eigenvalue weighted by Gasteiger charge is 2.18. The van der Waals surface area contributed by atoms with Crippen molar-refractivity contribution in [2.45, 2.75) is 38.6 Å². The van der Waals surface area contributed by atoms with Gasteiger partial charge in [-0.2, -0.15) is 0 Å². The van der Waals surface area contributed by atoms with Crippen molar-refractivity contribution in [3.05, 3.63) is 46.5 Å².